The van der Waals surface area contributed by atoms with E-state index in [1.807, 2.05) is 53.9 Å². The van der Waals surface area contributed by atoms with Gasteiger partial charge in [0.25, 0.3) is 0 Å². The first kappa shape index (κ1) is 18.9. The summed E-state index contributed by atoms with van der Waals surface area (Å²) in [6.07, 6.45) is 1.76. The largest absolute Gasteiger partial charge is 0.497 e. The predicted molar refractivity (Wildman–Crippen MR) is 112 cm³/mol. The maximum atomic E-state index is 5.68. The van der Waals surface area contributed by atoms with Crippen molar-refractivity contribution in [3.63, 3.8) is 0 Å². The molecule has 0 spiro atoms. The molecule has 0 fully saturated rings. The molecule has 2 aromatic carbocycles. The Morgan fingerprint density at radius 2 is 1.78 bits per heavy atom. The van der Waals surface area contributed by atoms with Crippen LogP contribution in [0.25, 0.3) is 11.3 Å². The van der Waals surface area contributed by atoms with Crippen LogP contribution in [0.4, 0.5) is 5.13 Å². The van der Waals surface area contributed by atoms with E-state index in [1.54, 1.807) is 13.3 Å². The molecule has 1 heterocycles. The molecule has 140 valence electrons. The minimum absolute atomic E-state index is 0.511. The Hall–Kier alpha value is -2.86. The van der Waals surface area contributed by atoms with Gasteiger partial charge in [-0.1, -0.05) is 13.8 Å². The smallest absolute Gasteiger partial charge is 0.203 e. The summed E-state index contributed by atoms with van der Waals surface area (Å²) in [7, 11) is 1.66. The normalized spacial score (nSPS) is 11.1. The number of hydrazone groups is 1. The maximum absolute atomic E-state index is 5.68. The quantitative estimate of drug-likeness (QED) is 0.425. The van der Waals surface area contributed by atoms with Crippen molar-refractivity contribution in [2.24, 2.45) is 11.0 Å². The van der Waals surface area contributed by atoms with Crippen LogP contribution in [-0.2, 0) is 0 Å². The summed E-state index contributed by atoms with van der Waals surface area (Å²) >= 11 is 1.51. The lowest BCUT2D eigenvalue weighted by Gasteiger charge is -2.08. The van der Waals surface area contributed by atoms with Crippen LogP contribution in [0.15, 0.2) is 59.0 Å². The molecule has 1 aromatic heterocycles. The van der Waals surface area contributed by atoms with Crippen molar-refractivity contribution in [3.8, 4) is 22.8 Å². The zero-order valence-electron chi connectivity index (χ0n) is 15.7. The molecule has 1 N–H and O–H groups in total. The number of thiazole rings is 1. The standard InChI is InChI=1S/C21H23N3O2S/c1-15(2)13-26-19-8-4-16(5-9-19)12-22-24-21-23-20(14-27-21)17-6-10-18(25-3)11-7-17/h4-12,14-15H,13H2,1-3H3,(H,23,24)/b22-12-. The average molecular weight is 382 g/mol. The van der Waals surface area contributed by atoms with Crippen LogP contribution in [0, 0.1) is 5.92 Å². The fourth-order valence-electron chi connectivity index (χ4n) is 2.29. The first-order valence-corrected chi connectivity index (χ1v) is 9.64. The third-order valence-electron chi connectivity index (χ3n) is 3.73. The Labute approximate surface area is 163 Å². The van der Waals surface area contributed by atoms with Gasteiger partial charge in [0, 0.05) is 10.9 Å². The topological polar surface area (TPSA) is 55.7 Å². The average Bonchev–Trinajstić information content (AvgIpc) is 3.16. The van der Waals surface area contributed by atoms with Gasteiger partial charge >= 0.3 is 0 Å². The van der Waals surface area contributed by atoms with Gasteiger partial charge in [-0.05, 0) is 60.0 Å². The lowest BCUT2D eigenvalue weighted by molar-refractivity contribution is 0.271. The lowest BCUT2D eigenvalue weighted by Crippen LogP contribution is -2.04. The van der Waals surface area contributed by atoms with Gasteiger partial charge in [0.15, 0.2) is 0 Å². The van der Waals surface area contributed by atoms with Gasteiger partial charge in [-0.2, -0.15) is 5.10 Å². The highest BCUT2D eigenvalue weighted by Crippen LogP contribution is 2.26. The molecule has 0 radical (unpaired) electrons. The van der Waals surface area contributed by atoms with Gasteiger partial charge in [-0.15, -0.1) is 11.3 Å². The minimum atomic E-state index is 0.511. The molecule has 0 amide bonds. The Bertz CT molecular complexity index is 871. The number of nitrogens with zero attached hydrogens (tertiary/aromatic N) is 2. The number of aromatic nitrogens is 1. The molecule has 0 atom stereocenters. The highest BCUT2D eigenvalue weighted by molar-refractivity contribution is 7.14. The Kier molecular flexibility index (Phi) is 6.44. The molecule has 0 aliphatic rings. The van der Waals surface area contributed by atoms with E-state index in [4.69, 9.17) is 9.47 Å². The zero-order chi connectivity index (χ0) is 19.1. The first-order chi connectivity index (χ1) is 13.1. The number of ether oxygens (including phenoxy) is 2. The number of benzene rings is 2. The number of anilines is 1. The number of hydrogen-bond donors (Lipinski definition) is 1. The molecule has 0 bridgehead atoms. The summed E-state index contributed by atoms with van der Waals surface area (Å²) < 4.78 is 10.9. The molecule has 6 heteroatoms. The number of hydrogen-bond acceptors (Lipinski definition) is 6. The van der Waals surface area contributed by atoms with Crippen LogP contribution in [0.5, 0.6) is 11.5 Å². The van der Waals surface area contributed by atoms with E-state index in [1.165, 1.54) is 11.3 Å². The maximum Gasteiger partial charge on any atom is 0.203 e. The van der Waals surface area contributed by atoms with Crippen LogP contribution >= 0.6 is 11.3 Å². The highest BCUT2D eigenvalue weighted by Gasteiger charge is 2.04. The van der Waals surface area contributed by atoms with Gasteiger partial charge in [-0.3, -0.25) is 5.43 Å². The van der Waals surface area contributed by atoms with Crippen molar-refractivity contribution in [2.75, 3.05) is 19.1 Å². The molecule has 0 aliphatic heterocycles. The summed E-state index contributed by atoms with van der Waals surface area (Å²) in [6, 6.07) is 15.7. The van der Waals surface area contributed by atoms with E-state index in [0.717, 1.165) is 40.1 Å². The van der Waals surface area contributed by atoms with Crippen molar-refractivity contribution < 1.29 is 9.47 Å². The molecule has 0 saturated carbocycles. The van der Waals surface area contributed by atoms with Gasteiger partial charge in [-0.25, -0.2) is 4.98 Å². The third kappa shape index (κ3) is 5.56. The van der Waals surface area contributed by atoms with Gasteiger partial charge in [0.1, 0.15) is 11.5 Å². The first-order valence-electron chi connectivity index (χ1n) is 8.76. The summed E-state index contributed by atoms with van der Waals surface area (Å²) in [5.74, 6) is 2.21. The summed E-state index contributed by atoms with van der Waals surface area (Å²) in [4.78, 5) is 4.55. The molecule has 5 nitrogen and oxygen atoms in total. The monoisotopic (exact) mass is 381 g/mol. The second-order valence-electron chi connectivity index (χ2n) is 6.41. The van der Waals surface area contributed by atoms with E-state index in [2.05, 4.69) is 29.4 Å². The fourth-order valence-corrected chi connectivity index (χ4v) is 2.96. The molecule has 0 aliphatic carbocycles. The van der Waals surface area contributed by atoms with Crippen LogP contribution in [-0.4, -0.2) is 24.9 Å². The molecular weight excluding hydrogens is 358 g/mol. The van der Waals surface area contributed by atoms with Crippen molar-refractivity contribution in [3.05, 3.63) is 59.5 Å². The Balaban J connectivity index is 1.56. The van der Waals surface area contributed by atoms with Gasteiger partial charge < -0.3 is 9.47 Å². The van der Waals surface area contributed by atoms with Crippen LogP contribution < -0.4 is 14.9 Å². The molecule has 3 aromatic rings. The van der Waals surface area contributed by atoms with Crippen molar-refractivity contribution in [1.82, 2.24) is 4.98 Å². The van der Waals surface area contributed by atoms with Crippen LogP contribution in [0.3, 0.4) is 0 Å². The van der Waals surface area contributed by atoms with E-state index < -0.39 is 0 Å². The molecule has 3 rings (SSSR count). The number of methoxy groups -OCH3 is 1. The predicted octanol–water partition coefficient (Wildman–Crippen LogP) is 5.30. The van der Waals surface area contributed by atoms with E-state index in [9.17, 15) is 0 Å². The van der Waals surface area contributed by atoms with E-state index >= 15 is 0 Å². The molecule has 0 saturated heterocycles. The van der Waals surface area contributed by atoms with Gasteiger partial charge in [0.05, 0.1) is 25.6 Å². The van der Waals surface area contributed by atoms with Crippen LogP contribution in [0.2, 0.25) is 0 Å². The van der Waals surface area contributed by atoms with Crippen molar-refractivity contribution in [1.29, 1.82) is 0 Å². The van der Waals surface area contributed by atoms with Crippen molar-refractivity contribution in [2.45, 2.75) is 13.8 Å². The molecule has 0 unspecified atom stereocenters. The lowest BCUT2D eigenvalue weighted by atomic mass is 10.2. The SMILES string of the molecule is COc1ccc(-c2csc(N/N=C\c3ccc(OCC(C)C)cc3)n2)cc1. The Morgan fingerprint density at radius 3 is 2.44 bits per heavy atom. The summed E-state index contributed by atoms with van der Waals surface area (Å²) in [5, 5.41) is 7.01. The fraction of sp³-hybridized carbons (Fsp3) is 0.238. The third-order valence-corrected chi connectivity index (χ3v) is 4.47. The zero-order valence-corrected chi connectivity index (χ0v) is 16.5. The number of nitrogens with one attached hydrogen (secondary N) is 1. The summed E-state index contributed by atoms with van der Waals surface area (Å²) in [5.41, 5.74) is 5.93. The van der Waals surface area contributed by atoms with E-state index in [-0.39, 0.29) is 0 Å². The highest BCUT2D eigenvalue weighted by atomic mass is 32.1. The Morgan fingerprint density at radius 1 is 1.07 bits per heavy atom. The van der Waals surface area contributed by atoms with Crippen LogP contribution in [0.1, 0.15) is 19.4 Å². The number of rotatable bonds is 8. The summed E-state index contributed by atoms with van der Waals surface area (Å²) in [6.45, 7) is 4.98. The van der Waals surface area contributed by atoms with Crippen molar-refractivity contribution >= 4 is 22.7 Å². The minimum Gasteiger partial charge on any atom is -0.497 e. The molecular formula is C21H23N3O2S. The second-order valence-corrected chi connectivity index (χ2v) is 7.27. The second kappa shape index (κ2) is 9.19. The van der Waals surface area contributed by atoms with Gasteiger partial charge in [0.2, 0.25) is 5.13 Å². The van der Waals surface area contributed by atoms with E-state index in [0.29, 0.717) is 5.92 Å². The molecule has 27 heavy (non-hydrogen) atoms.